The zero-order chi connectivity index (χ0) is 11.3. The smallest absolute Gasteiger partial charge is 0.308 e. The lowest BCUT2D eigenvalue weighted by Gasteiger charge is -2.30. The SMILES string of the molecule is C=CCC1=C(C)COC1(OCC)OCC. The molecule has 0 radical (unpaired) electrons. The molecule has 0 fully saturated rings. The summed E-state index contributed by atoms with van der Waals surface area (Å²) in [5, 5.41) is 0. The molecule has 15 heavy (non-hydrogen) atoms. The maximum atomic E-state index is 5.63. The summed E-state index contributed by atoms with van der Waals surface area (Å²) in [5.41, 5.74) is 2.23. The lowest BCUT2D eigenvalue weighted by Crippen LogP contribution is -2.38. The van der Waals surface area contributed by atoms with Crippen LogP contribution >= 0.6 is 0 Å². The van der Waals surface area contributed by atoms with Crippen molar-refractivity contribution in [1.29, 1.82) is 0 Å². The van der Waals surface area contributed by atoms with Crippen LogP contribution in [0.4, 0.5) is 0 Å². The third-order valence-electron chi connectivity index (χ3n) is 2.38. The fourth-order valence-electron chi connectivity index (χ4n) is 1.76. The molecule has 1 aliphatic heterocycles. The lowest BCUT2D eigenvalue weighted by molar-refractivity contribution is -0.342. The predicted octanol–water partition coefficient (Wildman–Crippen LogP) is 2.64. The van der Waals surface area contributed by atoms with Gasteiger partial charge in [0, 0.05) is 18.8 Å². The van der Waals surface area contributed by atoms with Crippen molar-refractivity contribution in [3.8, 4) is 0 Å². The number of hydrogen-bond donors (Lipinski definition) is 0. The second kappa shape index (κ2) is 5.45. The Morgan fingerprint density at radius 1 is 1.40 bits per heavy atom. The first-order chi connectivity index (χ1) is 7.20. The summed E-state index contributed by atoms with van der Waals surface area (Å²) in [5.74, 6) is -0.957. The van der Waals surface area contributed by atoms with Crippen LogP contribution < -0.4 is 0 Å². The van der Waals surface area contributed by atoms with Crippen molar-refractivity contribution < 1.29 is 14.2 Å². The van der Waals surface area contributed by atoms with Gasteiger partial charge in [0.1, 0.15) is 0 Å². The molecule has 86 valence electrons. The maximum absolute atomic E-state index is 5.63. The van der Waals surface area contributed by atoms with Gasteiger partial charge in [-0.05, 0) is 32.8 Å². The highest BCUT2D eigenvalue weighted by Gasteiger charge is 2.42. The maximum Gasteiger partial charge on any atom is 0.308 e. The highest BCUT2D eigenvalue weighted by atomic mass is 16.9. The van der Waals surface area contributed by atoms with E-state index in [9.17, 15) is 0 Å². The molecule has 0 spiro atoms. The van der Waals surface area contributed by atoms with Crippen molar-refractivity contribution in [2.75, 3.05) is 19.8 Å². The van der Waals surface area contributed by atoms with Crippen LogP contribution in [-0.2, 0) is 14.2 Å². The molecule has 0 unspecified atom stereocenters. The molecule has 1 aliphatic rings. The summed E-state index contributed by atoms with van der Waals surface area (Å²) in [6, 6.07) is 0. The minimum atomic E-state index is -0.957. The molecular weight excluding hydrogens is 192 g/mol. The Labute approximate surface area is 91.7 Å². The molecule has 0 bridgehead atoms. The second-order valence-corrected chi connectivity index (χ2v) is 3.46. The first-order valence-electron chi connectivity index (χ1n) is 5.42. The summed E-state index contributed by atoms with van der Waals surface area (Å²) < 4.78 is 16.9. The fraction of sp³-hybridized carbons (Fsp3) is 0.667. The van der Waals surface area contributed by atoms with E-state index in [1.807, 2.05) is 26.8 Å². The van der Waals surface area contributed by atoms with Crippen LogP contribution in [0.5, 0.6) is 0 Å². The minimum Gasteiger partial charge on any atom is -0.324 e. The van der Waals surface area contributed by atoms with E-state index in [1.165, 1.54) is 5.57 Å². The van der Waals surface area contributed by atoms with Crippen LogP contribution in [0, 0.1) is 0 Å². The van der Waals surface area contributed by atoms with Gasteiger partial charge < -0.3 is 14.2 Å². The molecule has 3 nitrogen and oxygen atoms in total. The third kappa shape index (κ3) is 2.48. The summed E-state index contributed by atoms with van der Waals surface area (Å²) in [6.07, 6.45) is 2.59. The van der Waals surface area contributed by atoms with E-state index in [0.29, 0.717) is 19.8 Å². The summed E-state index contributed by atoms with van der Waals surface area (Å²) >= 11 is 0. The Morgan fingerprint density at radius 2 is 2.00 bits per heavy atom. The van der Waals surface area contributed by atoms with Crippen LogP contribution in [0.3, 0.4) is 0 Å². The summed E-state index contributed by atoms with van der Waals surface area (Å²) in [6.45, 7) is 11.4. The Bertz CT molecular complexity index is 250. The molecule has 0 amide bonds. The van der Waals surface area contributed by atoms with E-state index in [-0.39, 0.29) is 0 Å². The van der Waals surface area contributed by atoms with Gasteiger partial charge in [0.15, 0.2) is 0 Å². The quantitative estimate of drug-likeness (QED) is 0.500. The predicted molar refractivity (Wildman–Crippen MR) is 59.4 cm³/mol. The lowest BCUT2D eigenvalue weighted by atomic mass is 10.1. The molecule has 0 atom stereocenters. The average Bonchev–Trinajstić information content (AvgIpc) is 2.49. The zero-order valence-corrected chi connectivity index (χ0v) is 9.84. The number of rotatable bonds is 6. The molecule has 3 heteroatoms. The van der Waals surface area contributed by atoms with Crippen LogP contribution in [0.2, 0.25) is 0 Å². The van der Waals surface area contributed by atoms with E-state index in [0.717, 1.165) is 12.0 Å². The van der Waals surface area contributed by atoms with Crippen molar-refractivity contribution in [2.45, 2.75) is 33.2 Å². The second-order valence-electron chi connectivity index (χ2n) is 3.46. The minimum absolute atomic E-state index is 0.563. The fourth-order valence-corrected chi connectivity index (χ4v) is 1.76. The standard InChI is InChI=1S/C12H20O3/c1-5-8-11-10(4)9-15-12(11,13-6-2)14-7-3/h5H,1,6-9H2,2-4H3. The van der Waals surface area contributed by atoms with Crippen LogP contribution in [-0.4, -0.2) is 25.8 Å². The molecule has 0 saturated carbocycles. The molecule has 1 rings (SSSR count). The van der Waals surface area contributed by atoms with E-state index in [4.69, 9.17) is 14.2 Å². The van der Waals surface area contributed by atoms with Crippen molar-refractivity contribution >= 4 is 0 Å². The molecule has 0 N–H and O–H groups in total. The summed E-state index contributed by atoms with van der Waals surface area (Å²) in [7, 11) is 0. The van der Waals surface area contributed by atoms with Gasteiger partial charge in [0.05, 0.1) is 6.61 Å². The van der Waals surface area contributed by atoms with Gasteiger partial charge in [0.25, 0.3) is 0 Å². The Morgan fingerprint density at radius 3 is 2.47 bits per heavy atom. The number of allylic oxidation sites excluding steroid dienone is 1. The van der Waals surface area contributed by atoms with Gasteiger partial charge in [-0.3, -0.25) is 0 Å². The normalized spacial score (nSPS) is 19.7. The highest BCUT2D eigenvalue weighted by molar-refractivity contribution is 5.25. The van der Waals surface area contributed by atoms with Crippen LogP contribution in [0.25, 0.3) is 0 Å². The Balaban J connectivity index is 2.91. The summed E-state index contributed by atoms with van der Waals surface area (Å²) in [4.78, 5) is 0. The van der Waals surface area contributed by atoms with Gasteiger partial charge in [-0.1, -0.05) is 6.08 Å². The third-order valence-corrected chi connectivity index (χ3v) is 2.38. The number of hydrogen-bond acceptors (Lipinski definition) is 3. The van der Waals surface area contributed by atoms with Gasteiger partial charge in [-0.15, -0.1) is 6.58 Å². The van der Waals surface area contributed by atoms with Gasteiger partial charge in [-0.2, -0.15) is 0 Å². The molecule has 0 aromatic carbocycles. The zero-order valence-electron chi connectivity index (χ0n) is 9.84. The largest absolute Gasteiger partial charge is 0.324 e. The topological polar surface area (TPSA) is 27.7 Å². The number of ether oxygens (including phenoxy) is 3. The first-order valence-corrected chi connectivity index (χ1v) is 5.42. The van der Waals surface area contributed by atoms with Crippen LogP contribution in [0.1, 0.15) is 27.2 Å². The van der Waals surface area contributed by atoms with Crippen molar-refractivity contribution in [3.63, 3.8) is 0 Å². The van der Waals surface area contributed by atoms with E-state index >= 15 is 0 Å². The Kier molecular flexibility index (Phi) is 4.51. The average molecular weight is 212 g/mol. The monoisotopic (exact) mass is 212 g/mol. The highest BCUT2D eigenvalue weighted by Crippen LogP contribution is 2.36. The first kappa shape index (κ1) is 12.4. The molecule has 0 aliphatic carbocycles. The van der Waals surface area contributed by atoms with Gasteiger partial charge in [0.2, 0.25) is 0 Å². The molecule has 0 saturated heterocycles. The van der Waals surface area contributed by atoms with Gasteiger partial charge in [-0.25, -0.2) is 0 Å². The van der Waals surface area contributed by atoms with Crippen molar-refractivity contribution in [3.05, 3.63) is 23.8 Å². The van der Waals surface area contributed by atoms with Crippen LogP contribution in [0.15, 0.2) is 23.8 Å². The van der Waals surface area contributed by atoms with Gasteiger partial charge >= 0.3 is 5.97 Å². The van der Waals surface area contributed by atoms with Crippen molar-refractivity contribution in [2.24, 2.45) is 0 Å². The molecule has 0 aromatic rings. The van der Waals surface area contributed by atoms with E-state index < -0.39 is 5.97 Å². The Hall–Kier alpha value is -0.640. The molecular formula is C12H20O3. The molecule has 0 aromatic heterocycles. The molecule has 1 heterocycles. The van der Waals surface area contributed by atoms with E-state index in [1.54, 1.807) is 0 Å². The van der Waals surface area contributed by atoms with E-state index in [2.05, 4.69) is 6.58 Å². The van der Waals surface area contributed by atoms with Crippen molar-refractivity contribution in [1.82, 2.24) is 0 Å².